The van der Waals surface area contributed by atoms with Gasteiger partial charge in [-0.2, -0.15) is 0 Å². The lowest BCUT2D eigenvalue weighted by Crippen LogP contribution is -2.52. The molecule has 0 spiro atoms. The smallest absolute Gasteiger partial charge is 0.263 e. The Hall–Kier alpha value is -3.42. The van der Waals surface area contributed by atoms with Crippen LogP contribution in [0.2, 0.25) is 0 Å². The molecule has 8 heteroatoms. The number of amides is 1. The lowest BCUT2D eigenvalue weighted by atomic mass is 10.2. The highest BCUT2D eigenvalue weighted by molar-refractivity contribution is 5.81. The number of piperazine rings is 1. The molecule has 0 saturated carbocycles. The summed E-state index contributed by atoms with van der Waals surface area (Å²) in [6, 6.07) is 11.6. The minimum absolute atomic E-state index is 0.0349. The molecule has 1 saturated heterocycles. The minimum Gasteiger partial charge on any atom is -0.463 e. The largest absolute Gasteiger partial charge is 0.463 e. The number of carbonyl (C=O) groups is 1. The maximum Gasteiger partial charge on any atom is 0.263 e. The number of hydrogen-bond donors (Lipinski definition) is 0. The second-order valence-corrected chi connectivity index (χ2v) is 7.02. The van der Waals surface area contributed by atoms with Gasteiger partial charge in [-0.05, 0) is 32.0 Å². The fraction of sp³-hybridized carbons (Fsp3) is 0.333. The van der Waals surface area contributed by atoms with Gasteiger partial charge in [0.15, 0.2) is 6.10 Å². The normalized spacial score (nSPS) is 15.2. The van der Waals surface area contributed by atoms with Crippen LogP contribution in [-0.2, 0) is 4.79 Å². The first kappa shape index (κ1) is 18.9. The lowest BCUT2D eigenvalue weighted by molar-refractivity contribution is -0.138. The first-order valence-corrected chi connectivity index (χ1v) is 9.71. The number of hydrogen-bond acceptors (Lipinski definition) is 6. The van der Waals surface area contributed by atoms with Crippen molar-refractivity contribution in [1.82, 2.24) is 24.6 Å². The highest BCUT2D eigenvalue weighted by Crippen LogP contribution is 2.20. The van der Waals surface area contributed by atoms with Gasteiger partial charge in [0.2, 0.25) is 11.8 Å². The minimum atomic E-state index is -0.604. The summed E-state index contributed by atoms with van der Waals surface area (Å²) in [6.45, 7) is 6.33. The molecule has 1 atom stereocenters. The van der Waals surface area contributed by atoms with E-state index in [0.717, 1.165) is 11.3 Å². The molecule has 0 bridgehead atoms. The fourth-order valence-electron chi connectivity index (χ4n) is 3.33. The summed E-state index contributed by atoms with van der Waals surface area (Å²) < 4.78 is 7.68. The molecule has 1 aliphatic heterocycles. The summed E-state index contributed by atoms with van der Waals surface area (Å²) in [6.07, 6.45) is 4.76. The van der Waals surface area contributed by atoms with Gasteiger partial charge in [-0.15, -0.1) is 5.10 Å². The summed E-state index contributed by atoms with van der Waals surface area (Å²) in [5.41, 5.74) is 1.84. The van der Waals surface area contributed by atoms with E-state index in [1.165, 1.54) is 0 Å². The van der Waals surface area contributed by atoms with Crippen LogP contribution in [0, 0.1) is 6.92 Å². The quantitative estimate of drug-likeness (QED) is 0.662. The van der Waals surface area contributed by atoms with Gasteiger partial charge >= 0.3 is 0 Å². The number of anilines is 1. The predicted octanol–water partition coefficient (Wildman–Crippen LogP) is 2.09. The first-order chi connectivity index (χ1) is 14.1. The monoisotopic (exact) mass is 392 g/mol. The predicted molar refractivity (Wildman–Crippen MR) is 109 cm³/mol. The molecule has 0 N–H and O–H groups in total. The van der Waals surface area contributed by atoms with Gasteiger partial charge in [-0.25, -0.2) is 14.6 Å². The number of rotatable bonds is 5. The van der Waals surface area contributed by atoms with Crippen molar-refractivity contribution in [2.75, 3.05) is 31.1 Å². The fourth-order valence-corrected chi connectivity index (χ4v) is 3.33. The number of carbonyl (C=O) groups excluding carboxylic acids is 1. The molecule has 8 nitrogen and oxygen atoms in total. The van der Waals surface area contributed by atoms with Crippen molar-refractivity contribution in [2.24, 2.45) is 0 Å². The van der Waals surface area contributed by atoms with Crippen LogP contribution in [0.4, 0.5) is 5.95 Å². The van der Waals surface area contributed by atoms with Crippen LogP contribution in [0.1, 0.15) is 12.5 Å². The third-order valence-corrected chi connectivity index (χ3v) is 4.94. The maximum atomic E-state index is 12.9. The average molecular weight is 392 g/mol. The van der Waals surface area contributed by atoms with Crippen molar-refractivity contribution < 1.29 is 9.53 Å². The van der Waals surface area contributed by atoms with Crippen molar-refractivity contribution in [3.8, 4) is 11.6 Å². The highest BCUT2D eigenvalue weighted by atomic mass is 16.5. The zero-order chi connectivity index (χ0) is 20.2. The Balaban J connectivity index is 1.36. The van der Waals surface area contributed by atoms with Crippen molar-refractivity contribution in [1.29, 1.82) is 0 Å². The molecular weight excluding hydrogens is 368 g/mol. The van der Waals surface area contributed by atoms with Crippen LogP contribution in [0.15, 0.2) is 55.0 Å². The van der Waals surface area contributed by atoms with E-state index in [-0.39, 0.29) is 5.91 Å². The summed E-state index contributed by atoms with van der Waals surface area (Å²) in [5.74, 6) is 1.14. The third kappa shape index (κ3) is 4.21. The SMILES string of the molecule is Cc1cn(-c2ccccc2)nc1OC(C)C(=O)N1CCN(c2ncccn2)CC1. The maximum absolute atomic E-state index is 12.9. The number of nitrogens with zero attached hydrogens (tertiary/aromatic N) is 6. The van der Waals surface area contributed by atoms with Gasteiger partial charge in [0.25, 0.3) is 5.91 Å². The molecule has 1 fully saturated rings. The second kappa shape index (κ2) is 8.30. The van der Waals surface area contributed by atoms with E-state index in [9.17, 15) is 4.79 Å². The topological polar surface area (TPSA) is 76.4 Å². The third-order valence-electron chi connectivity index (χ3n) is 4.94. The number of aromatic nitrogens is 4. The Labute approximate surface area is 169 Å². The van der Waals surface area contributed by atoms with Gasteiger partial charge < -0.3 is 14.5 Å². The van der Waals surface area contributed by atoms with E-state index in [1.54, 1.807) is 30.1 Å². The van der Waals surface area contributed by atoms with Gasteiger partial charge in [-0.3, -0.25) is 4.79 Å². The Morgan fingerprint density at radius 3 is 2.41 bits per heavy atom. The second-order valence-electron chi connectivity index (χ2n) is 7.02. The highest BCUT2D eigenvalue weighted by Gasteiger charge is 2.27. The summed E-state index contributed by atoms with van der Waals surface area (Å²) in [4.78, 5) is 25.3. The number of aryl methyl sites for hydroxylation is 1. The number of para-hydroxylation sites is 1. The van der Waals surface area contributed by atoms with Crippen molar-refractivity contribution >= 4 is 11.9 Å². The Kier molecular flexibility index (Phi) is 5.41. The Bertz CT molecular complexity index is 952. The van der Waals surface area contributed by atoms with E-state index < -0.39 is 6.10 Å². The molecule has 0 aliphatic carbocycles. The van der Waals surface area contributed by atoms with E-state index in [4.69, 9.17) is 4.74 Å². The number of benzene rings is 1. The lowest BCUT2D eigenvalue weighted by Gasteiger charge is -2.35. The van der Waals surface area contributed by atoms with E-state index in [0.29, 0.717) is 38.0 Å². The van der Waals surface area contributed by atoms with Crippen molar-refractivity contribution in [2.45, 2.75) is 20.0 Å². The molecule has 3 heterocycles. The van der Waals surface area contributed by atoms with E-state index in [1.807, 2.05) is 48.4 Å². The molecule has 150 valence electrons. The molecule has 1 amide bonds. The molecule has 4 rings (SSSR count). The molecule has 1 unspecified atom stereocenters. The Morgan fingerprint density at radius 2 is 1.72 bits per heavy atom. The standard InChI is InChI=1S/C21H24N6O2/c1-16-15-27(18-7-4-3-5-8-18)24-19(16)29-17(2)20(28)25-11-13-26(14-12-25)21-22-9-6-10-23-21/h3-10,15,17H,11-14H2,1-2H3. The van der Waals surface area contributed by atoms with Crippen molar-refractivity contribution in [3.05, 3.63) is 60.6 Å². The van der Waals surface area contributed by atoms with Gasteiger partial charge in [0.1, 0.15) is 0 Å². The zero-order valence-electron chi connectivity index (χ0n) is 16.6. The number of ether oxygens (including phenoxy) is 1. The summed E-state index contributed by atoms with van der Waals surface area (Å²) in [7, 11) is 0. The molecular formula is C21H24N6O2. The van der Waals surface area contributed by atoms with Crippen LogP contribution < -0.4 is 9.64 Å². The van der Waals surface area contributed by atoms with E-state index in [2.05, 4.69) is 20.0 Å². The molecule has 2 aromatic heterocycles. The van der Waals surface area contributed by atoms with E-state index >= 15 is 0 Å². The van der Waals surface area contributed by atoms with Crippen LogP contribution >= 0.6 is 0 Å². The Morgan fingerprint density at radius 1 is 1.03 bits per heavy atom. The van der Waals surface area contributed by atoms with Crippen LogP contribution in [0.25, 0.3) is 5.69 Å². The molecule has 29 heavy (non-hydrogen) atoms. The molecule has 1 aromatic carbocycles. The first-order valence-electron chi connectivity index (χ1n) is 9.71. The molecule has 3 aromatic rings. The molecule has 0 radical (unpaired) electrons. The van der Waals surface area contributed by atoms with Crippen LogP contribution in [0.3, 0.4) is 0 Å². The van der Waals surface area contributed by atoms with Gasteiger partial charge in [0, 0.05) is 50.3 Å². The summed E-state index contributed by atoms with van der Waals surface area (Å²) in [5, 5.41) is 4.50. The zero-order valence-corrected chi connectivity index (χ0v) is 16.6. The molecule has 1 aliphatic rings. The average Bonchev–Trinajstić information content (AvgIpc) is 3.14. The van der Waals surface area contributed by atoms with Crippen LogP contribution in [0.5, 0.6) is 5.88 Å². The van der Waals surface area contributed by atoms with Crippen LogP contribution in [-0.4, -0.2) is 62.8 Å². The van der Waals surface area contributed by atoms with Gasteiger partial charge in [0.05, 0.1) is 5.69 Å². The van der Waals surface area contributed by atoms with Crippen molar-refractivity contribution in [3.63, 3.8) is 0 Å². The summed E-state index contributed by atoms with van der Waals surface area (Å²) >= 11 is 0. The van der Waals surface area contributed by atoms with Gasteiger partial charge in [-0.1, -0.05) is 18.2 Å².